The highest BCUT2D eigenvalue weighted by molar-refractivity contribution is 5.91. The molecule has 0 aliphatic heterocycles. The van der Waals surface area contributed by atoms with Gasteiger partial charge in [-0.1, -0.05) is 37.5 Å². The van der Waals surface area contributed by atoms with E-state index >= 15 is 0 Å². The fourth-order valence-electron chi connectivity index (χ4n) is 2.83. The number of hydrogen-bond acceptors (Lipinski definition) is 2. The van der Waals surface area contributed by atoms with Crippen LogP contribution in [-0.4, -0.2) is 11.0 Å². The molecule has 1 aliphatic rings. The van der Waals surface area contributed by atoms with Crippen molar-refractivity contribution in [2.45, 2.75) is 51.6 Å². The first-order chi connectivity index (χ1) is 9.16. The van der Waals surface area contributed by atoms with Gasteiger partial charge in [0.2, 0.25) is 5.91 Å². The number of aliphatic hydroxyl groups is 1. The number of hydrogen-bond donors (Lipinski definition) is 2. The average molecular weight is 261 g/mol. The van der Waals surface area contributed by atoms with Crippen LogP contribution in [0.5, 0.6) is 0 Å². The van der Waals surface area contributed by atoms with Crippen molar-refractivity contribution in [3.05, 3.63) is 29.8 Å². The van der Waals surface area contributed by atoms with E-state index in [-0.39, 0.29) is 5.91 Å². The van der Waals surface area contributed by atoms with E-state index < -0.39 is 6.10 Å². The maximum atomic E-state index is 12.1. The molecular formula is C16H23NO2. The predicted molar refractivity (Wildman–Crippen MR) is 76.9 cm³/mol. The molecule has 1 aliphatic carbocycles. The zero-order valence-corrected chi connectivity index (χ0v) is 11.6. The fraction of sp³-hybridized carbons (Fsp3) is 0.562. The Labute approximate surface area is 115 Å². The van der Waals surface area contributed by atoms with Gasteiger partial charge in [-0.2, -0.15) is 0 Å². The number of carbonyl (C=O) groups excluding carboxylic acids is 1. The summed E-state index contributed by atoms with van der Waals surface area (Å²) in [6, 6.07) is 7.45. The summed E-state index contributed by atoms with van der Waals surface area (Å²) in [4.78, 5) is 12.1. The minimum atomic E-state index is -0.564. The number of anilines is 1. The van der Waals surface area contributed by atoms with Crippen molar-refractivity contribution in [2.75, 3.05) is 5.32 Å². The van der Waals surface area contributed by atoms with Gasteiger partial charge in [0.25, 0.3) is 0 Å². The van der Waals surface area contributed by atoms with Gasteiger partial charge in [0.1, 0.15) is 0 Å². The Bertz CT molecular complexity index is 423. The number of para-hydroxylation sites is 1. The van der Waals surface area contributed by atoms with E-state index in [2.05, 4.69) is 5.32 Å². The van der Waals surface area contributed by atoms with Crippen molar-refractivity contribution in [3.8, 4) is 0 Å². The second kappa shape index (κ2) is 6.71. The third-order valence-electron chi connectivity index (χ3n) is 3.88. The molecule has 3 nitrogen and oxygen atoms in total. The Kier molecular flexibility index (Phi) is 4.97. The highest BCUT2D eigenvalue weighted by Gasteiger charge is 2.18. The number of amides is 1. The van der Waals surface area contributed by atoms with Gasteiger partial charge in [-0.25, -0.2) is 0 Å². The Balaban J connectivity index is 1.94. The first-order valence-electron chi connectivity index (χ1n) is 7.23. The van der Waals surface area contributed by atoms with Crippen molar-refractivity contribution < 1.29 is 9.90 Å². The standard InChI is InChI=1S/C16H23NO2/c1-12(18)14-9-5-6-10-15(14)17-16(19)11-13-7-3-2-4-8-13/h5-6,9-10,12-13,18H,2-4,7-8,11H2,1H3,(H,17,19). The first kappa shape index (κ1) is 14.1. The molecule has 1 aromatic carbocycles. The molecule has 2 N–H and O–H groups in total. The Morgan fingerprint density at radius 3 is 2.68 bits per heavy atom. The Morgan fingerprint density at radius 2 is 2.00 bits per heavy atom. The maximum Gasteiger partial charge on any atom is 0.224 e. The largest absolute Gasteiger partial charge is 0.389 e. The second-order valence-corrected chi connectivity index (χ2v) is 5.52. The minimum Gasteiger partial charge on any atom is -0.389 e. The van der Waals surface area contributed by atoms with Gasteiger partial charge in [0.15, 0.2) is 0 Å². The van der Waals surface area contributed by atoms with Crippen LogP contribution in [0.15, 0.2) is 24.3 Å². The molecule has 0 radical (unpaired) electrons. The van der Waals surface area contributed by atoms with Crippen molar-refractivity contribution in [1.29, 1.82) is 0 Å². The number of aliphatic hydroxyl groups excluding tert-OH is 1. The van der Waals surface area contributed by atoms with Crippen LogP contribution < -0.4 is 5.32 Å². The molecule has 104 valence electrons. The van der Waals surface area contributed by atoms with Gasteiger partial charge in [0, 0.05) is 17.7 Å². The molecule has 1 unspecified atom stereocenters. The van der Waals surface area contributed by atoms with Crippen LogP contribution in [0.3, 0.4) is 0 Å². The normalized spacial score (nSPS) is 18.0. The predicted octanol–water partition coefficient (Wildman–Crippen LogP) is 3.65. The van der Waals surface area contributed by atoms with E-state index in [1.165, 1.54) is 32.1 Å². The molecule has 3 heteroatoms. The van der Waals surface area contributed by atoms with Gasteiger partial charge in [-0.3, -0.25) is 4.79 Å². The highest BCUT2D eigenvalue weighted by atomic mass is 16.3. The number of rotatable bonds is 4. The lowest BCUT2D eigenvalue weighted by Gasteiger charge is -2.21. The third-order valence-corrected chi connectivity index (χ3v) is 3.88. The van der Waals surface area contributed by atoms with E-state index in [1.54, 1.807) is 6.92 Å². The van der Waals surface area contributed by atoms with Crippen LogP contribution >= 0.6 is 0 Å². The fourth-order valence-corrected chi connectivity index (χ4v) is 2.83. The zero-order valence-electron chi connectivity index (χ0n) is 11.6. The molecule has 0 bridgehead atoms. The van der Waals surface area contributed by atoms with Crippen LogP contribution in [-0.2, 0) is 4.79 Å². The zero-order chi connectivity index (χ0) is 13.7. The molecular weight excluding hydrogens is 238 g/mol. The summed E-state index contributed by atoms with van der Waals surface area (Å²) < 4.78 is 0. The molecule has 2 rings (SSSR count). The SMILES string of the molecule is CC(O)c1ccccc1NC(=O)CC1CCCCC1. The molecule has 1 atom stereocenters. The molecule has 0 aromatic heterocycles. The van der Waals surface area contributed by atoms with Crippen molar-refractivity contribution >= 4 is 11.6 Å². The van der Waals surface area contributed by atoms with Gasteiger partial charge in [0.05, 0.1) is 6.10 Å². The minimum absolute atomic E-state index is 0.0694. The molecule has 0 heterocycles. The van der Waals surface area contributed by atoms with Crippen LogP contribution in [0.25, 0.3) is 0 Å². The molecule has 1 fully saturated rings. The first-order valence-corrected chi connectivity index (χ1v) is 7.23. The summed E-state index contributed by atoms with van der Waals surface area (Å²) in [6.45, 7) is 1.71. The molecule has 19 heavy (non-hydrogen) atoms. The monoisotopic (exact) mass is 261 g/mol. The summed E-state index contributed by atoms with van der Waals surface area (Å²) in [5, 5.41) is 12.6. The van der Waals surface area contributed by atoms with Gasteiger partial charge in [-0.15, -0.1) is 0 Å². The summed E-state index contributed by atoms with van der Waals surface area (Å²) in [5.41, 5.74) is 1.51. The van der Waals surface area contributed by atoms with Gasteiger partial charge >= 0.3 is 0 Å². The maximum absolute atomic E-state index is 12.1. The van der Waals surface area contributed by atoms with Crippen molar-refractivity contribution in [1.82, 2.24) is 0 Å². The lowest BCUT2D eigenvalue weighted by molar-refractivity contribution is -0.117. The Morgan fingerprint density at radius 1 is 1.32 bits per heavy atom. The number of nitrogens with one attached hydrogen (secondary N) is 1. The lowest BCUT2D eigenvalue weighted by atomic mass is 9.87. The lowest BCUT2D eigenvalue weighted by Crippen LogP contribution is -2.19. The number of carbonyl (C=O) groups is 1. The van der Waals surface area contributed by atoms with Crippen LogP contribution in [0.2, 0.25) is 0 Å². The summed E-state index contributed by atoms with van der Waals surface area (Å²) >= 11 is 0. The average Bonchev–Trinajstić information content (AvgIpc) is 2.40. The molecule has 1 aromatic rings. The summed E-state index contributed by atoms with van der Waals surface area (Å²) in [7, 11) is 0. The third kappa shape index (κ3) is 4.06. The Hall–Kier alpha value is -1.35. The van der Waals surface area contributed by atoms with E-state index in [4.69, 9.17) is 0 Å². The van der Waals surface area contributed by atoms with Gasteiger partial charge < -0.3 is 10.4 Å². The molecule has 1 saturated carbocycles. The number of benzene rings is 1. The van der Waals surface area contributed by atoms with Gasteiger partial charge in [-0.05, 0) is 31.7 Å². The second-order valence-electron chi connectivity index (χ2n) is 5.52. The smallest absolute Gasteiger partial charge is 0.224 e. The van der Waals surface area contributed by atoms with Crippen molar-refractivity contribution in [3.63, 3.8) is 0 Å². The summed E-state index contributed by atoms with van der Waals surface area (Å²) in [5.74, 6) is 0.604. The van der Waals surface area contributed by atoms with E-state index in [0.29, 0.717) is 12.3 Å². The molecule has 1 amide bonds. The molecule has 0 saturated heterocycles. The summed E-state index contributed by atoms with van der Waals surface area (Å²) in [6.07, 6.45) is 6.20. The van der Waals surface area contributed by atoms with E-state index in [0.717, 1.165) is 11.3 Å². The van der Waals surface area contributed by atoms with Crippen LogP contribution in [0, 0.1) is 5.92 Å². The van der Waals surface area contributed by atoms with E-state index in [1.807, 2.05) is 24.3 Å². The van der Waals surface area contributed by atoms with Crippen molar-refractivity contribution in [2.24, 2.45) is 5.92 Å². The topological polar surface area (TPSA) is 49.3 Å². The molecule has 0 spiro atoms. The van der Waals surface area contributed by atoms with E-state index in [9.17, 15) is 9.90 Å². The highest BCUT2D eigenvalue weighted by Crippen LogP contribution is 2.27. The van der Waals surface area contributed by atoms with Crippen LogP contribution in [0.4, 0.5) is 5.69 Å². The van der Waals surface area contributed by atoms with Crippen LogP contribution in [0.1, 0.15) is 57.1 Å². The quantitative estimate of drug-likeness (QED) is 0.869.